The number of fused-ring (bicyclic) bond motifs is 2. The third-order valence-corrected chi connectivity index (χ3v) is 15.7. The normalized spacial score (nSPS) is 19.1. The molecule has 4 aromatic carbocycles. The van der Waals surface area contributed by atoms with E-state index in [-0.39, 0.29) is 65.4 Å². The van der Waals surface area contributed by atoms with Crippen molar-refractivity contribution in [2.24, 2.45) is 18.9 Å². The number of nitrogens with one attached hydrogen (secondary N) is 2. The van der Waals surface area contributed by atoms with Crippen LogP contribution >= 0.6 is 0 Å². The van der Waals surface area contributed by atoms with E-state index in [0.29, 0.717) is 57.5 Å². The first-order valence-electron chi connectivity index (χ1n) is 25.8. The second kappa shape index (κ2) is 22.2. The maximum absolute atomic E-state index is 13.6. The van der Waals surface area contributed by atoms with E-state index in [1.54, 1.807) is 17.7 Å². The number of carbonyl (C=O) groups is 5. The van der Waals surface area contributed by atoms with E-state index in [1.165, 1.54) is 27.6 Å². The van der Waals surface area contributed by atoms with Crippen LogP contribution < -0.4 is 16.3 Å². The quantitative estimate of drug-likeness (QED) is 0.0701. The van der Waals surface area contributed by atoms with Crippen molar-refractivity contribution >= 4 is 51.3 Å². The first kappa shape index (κ1) is 49.4. The van der Waals surface area contributed by atoms with Crippen molar-refractivity contribution in [2.45, 2.75) is 115 Å². The number of carbonyl (C=O) groups excluding carboxylic acids is 5. The van der Waals surface area contributed by atoms with Crippen LogP contribution in [0.25, 0.3) is 21.8 Å². The molecule has 0 spiro atoms. The number of hydrogen-bond donors (Lipinski definition) is 2. The van der Waals surface area contributed by atoms with Gasteiger partial charge in [-0.3, -0.25) is 43.3 Å². The van der Waals surface area contributed by atoms with E-state index in [0.717, 1.165) is 98.5 Å². The number of piperidine rings is 4. The van der Waals surface area contributed by atoms with Crippen LogP contribution in [0.5, 0.6) is 0 Å². The van der Waals surface area contributed by atoms with Gasteiger partial charge in [0.05, 0.1) is 11.0 Å². The molecule has 0 bridgehead atoms. The summed E-state index contributed by atoms with van der Waals surface area (Å²) < 4.78 is 16.7. The van der Waals surface area contributed by atoms with E-state index >= 15 is 0 Å². The number of unbranched alkanes of at least 4 members (excludes halogenated alkanes) is 2. The molecule has 0 aliphatic carbocycles. The second-order valence-electron chi connectivity index (χ2n) is 20.1. The van der Waals surface area contributed by atoms with Gasteiger partial charge in [0, 0.05) is 82.5 Å². The summed E-state index contributed by atoms with van der Waals surface area (Å²) in [6, 6.07) is 24.6. The highest BCUT2D eigenvalue weighted by Gasteiger charge is 2.33. The lowest BCUT2D eigenvalue weighted by Crippen LogP contribution is -2.44. The summed E-state index contributed by atoms with van der Waals surface area (Å²) in [5.74, 6) is 6.79. The van der Waals surface area contributed by atoms with Gasteiger partial charge in [-0.1, -0.05) is 66.8 Å². The largest absolute Gasteiger partial charge is 0.352 e. The SMILES string of the molecule is CC(c1ccc(C#CC2CCN(C(=O)CCCCCC(=O)N3CCC(c4ccc5c(c4)n(C)c(=O)n5C4CCC(=O)NC4=O)CC3)CC2)c2ccccc12)N1CCC(C(=O)NCc2cccc(F)c2)CC1. The molecule has 4 aliphatic rings. The van der Waals surface area contributed by atoms with Gasteiger partial charge in [0.2, 0.25) is 29.5 Å². The van der Waals surface area contributed by atoms with Gasteiger partial charge in [0.15, 0.2) is 0 Å². The monoisotopic (exact) mass is 964 g/mol. The summed E-state index contributed by atoms with van der Waals surface area (Å²) in [4.78, 5) is 83.3. The van der Waals surface area contributed by atoms with Gasteiger partial charge < -0.3 is 15.1 Å². The van der Waals surface area contributed by atoms with Crippen molar-refractivity contribution in [3.05, 3.63) is 117 Å². The first-order chi connectivity index (χ1) is 34.4. The summed E-state index contributed by atoms with van der Waals surface area (Å²) in [6.07, 6.45) is 8.72. The lowest BCUT2D eigenvalue weighted by atomic mass is 9.89. The Morgan fingerprint density at radius 2 is 1.44 bits per heavy atom. The molecule has 71 heavy (non-hydrogen) atoms. The molecule has 1 aromatic heterocycles. The number of hydrogen-bond acceptors (Lipinski definition) is 7. The first-order valence-corrected chi connectivity index (χ1v) is 25.8. The average Bonchev–Trinajstić information content (AvgIpc) is 3.64. The zero-order valence-electron chi connectivity index (χ0n) is 41.1. The fourth-order valence-corrected chi connectivity index (χ4v) is 11.3. The Labute approximate surface area is 415 Å². The van der Waals surface area contributed by atoms with Crippen LogP contribution in [0, 0.1) is 29.5 Å². The molecule has 2 N–H and O–H groups in total. The van der Waals surface area contributed by atoms with Gasteiger partial charge in [-0.2, -0.15) is 0 Å². The molecule has 2 unspecified atom stereocenters. The minimum absolute atomic E-state index is 0.0321. The molecular weight excluding hydrogens is 898 g/mol. The Kier molecular flexibility index (Phi) is 15.5. The number of benzene rings is 4. The van der Waals surface area contributed by atoms with Gasteiger partial charge in [0.1, 0.15) is 11.9 Å². The number of aryl methyl sites for hydroxylation is 1. The molecule has 9 rings (SSSR count). The number of imidazole rings is 1. The molecule has 14 heteroatoms. The smallest absolute Gasteiger partial charge is 0.329 e. The molecule has 372 valence electrons. The van der Waals surface area contributed by atoms with Crippen LogP contribution in [0.3, 0.4) is 0 Å². The molecule has 2 atom stereocenters. The van der Waals surface area contributed by atoms with E-state index in [9.17, 15) is 33.2 Å². The number of amides is 5. The lowest BCUT2D eigenvalue weighted by Gasteiger charge is -2.36. The van der Waals surface area contributed by atoms with Crippen molar-refractivity contribution in [1.82, 2.24) is 34.5 Å². The number of imide groups is 1. The summed E-state index contributed by atoms with van der Waals surface area (Å²) in [5.41, 5.74) is 5.27. The van der Waals surface area contributed by atoms with Gasteiger partial charge in [-0.05, 0) is 142 Å². The van der Waals surface area contributed by atoms with Crippen molar-refractivity contribution in [2.75, 3.05) is 39.3 Å². The molecule has 4 saturated heterocycles. The van der Waals surface area contributed by atoms with E-state index in [2.05, 4.69) is 70.7 Å². The molecular formula is C57H66FN7O6. The number of aromatic nitrogens is 2. The van der Waals surface area contributed by atoms with Crippen LogP contribution in [0.15, 0.2) is 83.7 Å². The molecule has 5 amide bonds. The lowest BCUT2D eigenvalue weighted by molar-refractivity contribution is -0.136. The Morgan fingerprint density at radius 3 is 2.13 bits per heavy atom. The number of nitrogens with zero attached hydrogens (tertiary/aromatic N) is 5. The van der Waals surface area contributed by atoms with Crippen molar-refractivity contribution in [3.63, 3.8) is 0 Å². The standard InChI is InChI=1S/C57H66FN7O6/c1-38(62-31-27-43(28-32-62)55(69)59-37-40-9-8-10-45(58)35-40)46-19-17-42(47-11-6-7-12-48(46)47)16-15-39-23-29-63(30-24-39)53(67)13-4-3-5-14-54(68)64-33-25-41(26-34-64)44-18-20-49-51(36-44)61(2)57(71)65(49)50-21-22-52(66)60-56(50)70/h6-12,17-20,35-36,38-39,41,43,50H,3-5,13-14,21-34,37H2,1-2H3,(H,59,69)(H,60,66,70). The Hall–Kier alpha value is -6.59. The van der Waals surface area contributed by atoms with Crippen LogP contribution in [-0.4, -0.2) is 92.6 Å². The highest BCUT2D eigenvalue weighted by Crippen LogP contribution is 2.34. The predicted molar refractivity (Wildman–Crippen MR) is 271 cm³/mol. The molecule has 0 saturated carbocycles. The van der Waals surface area contributed by atoms with E-state index < -0.39 is 11.9 Å². The Balaban J connectivity index is 0.678. The zero-order chi connectivity index (χ0) is 49.6. The van der Waals surface area contributed by atoms with Crippen LogP contribution in [0.1, 0.15) is 131 Å². The molecule has 4 aliphatic heterocycles. The van der Waals surface area contributed by atoms with Crippen molar-refractivity contribution in [3.8, 4) is 11.8 Å². The fourth-order valence-electron chi connectivity index (χ4n) is 11.3. The van der Waals surface area contributed by atoms with Gasteiger partial charge in [0.25, 0.3) is 0 Å². The molecule has 4 fully saturated rings. The van der Waals surface area contributed by atoms with E-state index in [1.807, 2.05) is 34.1 Å². The van der Waals surface area contributed by atoms with Crippen LogP contribution in [0.4, 0.5) is 4.39 Å². The Bertz CT molecular complexity index is 2930. The topological polar surface area (TPSA) is 146 Å². The average molecular weight is 964 g/mol. The summed E-state index contributed by atoms with van der Waals surface area (Å²) in [5, 5.41) is 7.69. The fraction of sp³-hybridized carbons (Fsp3) is 0.474. The van der Waals surface area contributed by atoms with Gasteiger partial charge in [-0.25, -0.2) is 9.18 Å². The van der Waals surface area contributed by atoms with Gasteiger partial charge >= 0.3 is 5.69 Å². The maximum Gasteiger partial charge on any atom is 0.329 e. The number of likely N-dealkylation sites (tertiary alicyclic amines) is 3. The highest BCUT2D eigenvalue weighted by molar-refractivity contribution is 6.00. The molecule has 5 aromatic rings. The molecule has 13 nitrogen and oxygen atoms in total. The summed E-state index contributed by atoms with van der Waals surface area (Å²) >= 11 is 0. The summed E-state index contributed by atoms with van der Waals surface area (Å²) in [6.45, 7) is 6.97. The third kappa shape index (κ3) is 11.3. The number of halogens is 1. The zero-order valence-corrected chi connectivity index (χ0v) is 41.1. The van der Waals surface area contributed by atoms with Gasteiger partial charge in [-0.15, -0.1) is 0 Å². The molecule has 5 heterocycles. The second-order valence-corrected chi connectivity index (χ2v) is 20.1. The van der Waals surface area contributed by atoms with E-state index in [4.69, 9.17) is 0 Å². The highest BCUT2D eigenvalue weighted by atomic mass is 19.1. The summed E-state index contributed by atoms with van der Waals surface area (Å²) in [7, 11) is 1.71. The predicted octanol–water partition coefficient (Wildman–Crippen LogP) is 7.65. The van der Waals surface area contributed by atoms with Crippen molar-refractivity contribution in [1.29, 1.82) is 0 Å². The van der Waals surface area contributed by atoms with Crippen LogP contribution in [0.2, 0.25) is 0 Å². The minimum atomic E-state index is -0.718. The Morgan fingerprint density at radius 1 is 0.746 bits per heavy atom. The maximum atomic E-state index is 13.6. The minimum Gasteiger partial charge on any atom is -0.352 e. The van der Waals surface area contributed by atoms with Crippen molar-refractivity contribution < 1.29 is 28.4 Å². The molecule has 0 radical (unpaired) electrons. The van der Waals surface area contributed by atoms with Crippen LogP contribution in [-0.2, 0) is 37.6 Å². The third-order valence-electron chi connectivity index (χ3n) is 15.7. The number of rotatable bonds is 13.